The minimum atomic E-state index is -1.82. The first-order chi connectivity index (χ1) is 9.49. The largest absolute Gasteiger partial charge is 0.350 e. The molecule has 0 bridgehead atoms. The number of hydrogen-bond donors (Lipinski definition) is 1. The first-order valence-corrected chi connectivity index (χ1v) is 6.78. The molecular formula is C12H10Cl3FN4. The van der Waals surface area contributed by atoms with E-state index in [-0.39, 0.29) is 17.6 Å². The third-order valence-corrected chi connectivity index (χ3v) is 2.86. The summed E-state index contributed by atoms with van der Waals surface area (Å²) in [6.07, 6.45) is 0. The van der Waals surface area contributed by atoms with Crippen molar-refractivity contribution < 1.29 is 4.39 Å². The summed E-state index contributed by atoms with van der Waals surface area (Å²) < 4.78 is 10.9. The normalized spacial score (nSPS) is 11.4. The van der Waals surface area contributed by atoms with Crippen molar-refractivity contribution in [3.05, 3.63) is 47.5 Å². The fraction of sp³-hybridized carbons (Fsp3) is 0.250. The van der Waals surface area contributed by atoms with Crippen LogP contribution in [0.5, 0.6) is 0 Å². The molecule has 0 radical (unpaired) electrons. The van der Waals surface area contributed by atoms with Crippen LogP contribution in [0.3, 0.4) is 0 Å². The zero-order valence-electron chi connectivity index (χ0n) is 10.2. The van der Waals surface area contributed by atoms with Crippen LogP contribution in [0.1, 0.15) is 17.2 Å². The molecule has 1 aromatic heterocycles. The molecule has 0 aliphatic carbocycles. The fourth-order valence-electron chi connectivity index (χ4n) is 1.46. The van der Waals surface area contributed by atoms with E-state index in [9.17, 15) is 4.39 Å². The third-order valence-electron chi connectivity index (χ3n) is 2.35. The smallest absolute Gasteiger partial charge is 0.250 e. The quantitative estimate of drug-likeness (QED) is 0.864. The van der Waals surface area contributed by atoms with Crippen molar-refractivity contribution in [3.63, 3.8) is 0 Å². The van der Waals surface area contributed by atoms with E-state index < -0.39 is 10.5 Å². The molecule has 0 unspecified atom stereocenters. The van der Waals surface area contributed by atoms with E-state index in [1.165, 1.54) is 0 Å². The van der Waals surface area contributed by atoms with Crippen molar-refractivity contribution in [2.24, 2.45) is 0 Å². The Balaban J connectivity index is 2.19. The Morgan fingerprint density at radius 1 is 1.05 bits per heavy atom. The first-order valence-electron chi connectivity index (χ1n) is 5.65. The average molecular weight is 336 g/mol. The molecule has 0 atom stereocenters. The highest BCUT2D eigenvalue weighted by molar-refractivity contribution is 6.66. The van der Waals surface area contributed by atoms with Gasteiger partial charge in [-0.2, -0.15) is 9.97 Å². The van der Waals surface area contributed by atoms with E-state index in [2.05, 4.69) is 20.3 Å². The van der Waals surface area contributed by atoms with Gasteiger partial charge in [0.05, 0.1) is 0 Å². The summed E-state index contributed by atoms with van der Waals surface area (Å²) in [5.74, 6) is -0.0320. The zero-order valence-corrected chi connectivity index (χ0v) is 12.4. The molecule has 0 aliphatic heterocycles. The Labute approximate surface area is 130 Å². The highest BCUT2D eigenvalue weighted by Gasteiger charge is 2.28. The maximum Gasteiger partial charge on any atom is 0.250 e. The number of halogens is 4. The molecule has 4 nitrogen and oxygen atoms in total. The molecule has 20 heavy (non-hydrogen) atoms. The lowest BCUT2D eigenvalue weighted by Crippen LogP contribution is -2.14. The van der Waals surface area contributed by atoms with Crippen LogP contribution >= 0.6 is 34.8 Å². The minimum Gasteiger partial charge on any atom is -0.350 e. The second-order valence-corrected chi connectivity index (χ2v) is 6.15. The topological polar surface area (TPSA) is 50.7 Å². The monoisotopic (exact) mass is 334 g/mol. The Kier molecular flexibility index (Phi) is 4.96. The number of nitrogens with zero attached hydrogens (tertiary/aromatic N) is 3. The van der Waals surface area contributed by atoms with Gasteiger partial charge in [0.1, 0.15) is 6.67 Å². The van der Waals surface area contributed by atoms with Gasteiger partial charge in [-0.05, 0) is 5.56 Å². The minimum absolute atomic E-state index is 0.0862. The van der Waals surface area contributed by atoms with E-state index in [4.69, 9.17) is 34.8 Å². The second kappa shape index (κ2) is 6.52. The van der Waals surface area contributed by atoms with E-state index in [0.29, 0.717) is 6.54 Å². The van der Waals surface area contributed by atoms with E-state index in [0.717, 1.165) is 5.56 Å². The lowest BCUT2D eigenvalue weighted by atomic mass is 10.2. The SMILES string of the molecule is FCc1nc(NCc2ccccc2)nc(C(Cl)(Cl)Cl)n1. The summed E-state index contributed by atoms with van der Waals surface area (Å²) in [5, 5.41) is 2.94. The molecule has 2 aromatic rings. The third kappa shape index (κ3) is 4.16. The molecule has 0 amide bonds. The van der Waals surface area contributed by atoms with Crippen LogP contribution in [0.2, 0.25) is 0 Å². The Hall–Kier alpha value is -1.17. The lowest BCUT2D eigenvalue weighted by molar-refractivity contribution is 0.462. The van der Waals surface area contributed by atoms with Crippen molar-refractivity contribution in [2.45, 2.75) is 17.0 Å². The van der Waals surface area contributed by atoms with Crippen LogP contribution < -0.4 is 5.32 Å². The molecule has 0 saturated carbocycles. The number of anilines is 1. The number of hydrogen-bond acceptors (Lipinski definition) is 4. The fourth-order valence-corrected chi connectivity index (χ4v) is 1.72. The van der Waals surface area contributed by atoms with Gasteiger partial charge in [-0.3, -0.25) is 0 Å². The maximum atomic E-state index is 12.7. The van der Waals surface area contributed by atoms with E-state index in [1.807, 2.05) is 30.3 Å². The molecule has 1 heterocycles. The Bertz CT molecular complexity index is 575. The highest BCUT2D eigenvalue weighted by Crippen LogP contribution is 2.36. The van der Waals surface area contributed by atoms with Gasteiger partial charge < -0.3 is 5.32 Å². The number of alkyl halides is 4. The van der Waals surface area contributed by atoms with Gasteiger partial charge in [-0.25, -0.2) is 9.37 Å². The molecule has 106 valence electrons. The van der Waals surface area contributed by atoms with Crippen LogP contribution in [0.4, 0.5) is 10.3 Å². The summed E-state index contributed by atoms with van der Waals surface area (Å²) >= 11 is 17.1. The number of benzene rings is 1. The molecule has 0 spiro atoms. The van der Waals surface area contributed by atoms with Gasteiger partial charge in [-0.1, -0.05) is 65.1 Å². The van der Waals surface area contributed by atoms with Crippen molar-refractivity contribution in [2.75, 3.05) is 5.32 Å². The standard InChI is InChI=1S/C12H10Cl3FN4/c13-12(14,15)10-18-9(6-16)19-11(20-10)17-7-8-4-2-1-3-5-8/h1-5H,6-7H2,(H,17,18,19,20). The van der Waals surface area contributed by atoms with Gasteiger partial charge >= 0.3 is 0 Å². The summed E-state index contributed by atoms with van der Waals surface area (Å²) in [4.78, 5) is 11.6. The molecule has 1 N–H and O–H groups in total. The van der Waals surface area contributed by atoms with Gasteiger partial charge in [0, 0.05) is 6.54 Å². The molecule has 1 aromatic carbocycles. The summed E-state index contributed by atoms with van der Waals surface area (Å²) in [6, 6.07) is 9.59. The van der Waals surface area contributed by atoms with Crippen LogP contribution in [0, 0.1) is 0 Å². The summed E-state index contributed by atoms with van der Waals surface area (Å²) in [7, 11) is 0. The molecule has 0 aliphatic rings. The van der Waals surface area contributed by atoms with Crippen LogP contribution in [0.25, 0.3) is 0 Å². The summed E-state index contributed by atoms with van der Waals surface area (Å²) in [6.45, 7) is -0.397. The van der Waals surface area contributed by atoms with Crippen molar-refractivity contribution in [1.82, 2.24) is 15.0 Å². The lowest BCUT2D eigenvalue weighted by Gasteiger charge is -2.12. The first kappa shape index (κ1) is 15.2. The molecule has 0 fully saturated rings. The van der Waals surface area contributed by atoms with Crippen LogP contribution in [0.15, 0.2) is 30.3 Å². The summed E-state index contributed by atoms with van der Waals surface area (Å²) in [5.41, 5.74) is 1.02. The predicted molar refractivity (Wildman–Crippen MR) is 77.6 cm³/mol. The van der Waals surface area contributed by atoms with Crippen LogP contribution in [-0.2, 0) is 17.0 Å². The van der Waals surface area contributed by atoms with Gasteiger partial charge in [-0.15, -0.1) is 0 Å². The molecule has 2 rings (SSSR count). The van der Waals surface area contributed by atoms with Crippen molar-refractivity contribution in [3.8, 4) is 0 Å². The number of nitrogens with one attached hydrogen (secondary N) is 1. The van der Waals surface area contributed by atoms with E-state index in [1.54, 1.807) is 0 Å². The Morgan fingerprint density at radius 3 is 2.35 bits per heavy atom. The van der Waals surface area contributed by atoms with Crippen molar-refractivity contribution in [1.29, 1.82) is 0 Å². The highest BCUT2D eigenvalue weighted by atomic mass is 35.6. The number of aromatic nitrogens is 3. The van der Waals surface area contributed by atoms with Gasteiger partial charge in [0.15, 0.2) is 11.6 Å². The van der Waals surface area contributed by atoms with E-state index >= 15 is 0 Å². The van der Waals surface area contributed by atoms with Crippen LogP contribution in [-0.4, -0.2) is 15.0 Å². The molecule has 8 heteroatoms. The molecular weight excluding hydrogens is 326 g/mol. The van der Waals surface area contributed by atoms with Gasteiger partial charge in [0.25, 0.3) is 0 Å². The maximum absolute atomic E-state index is 12.7. The second-order valence-electron chi connectivity index (χ2n) is 3.87. The molecule has 0 saturated heterocycles. The Morgan fingerprint density at radius 2 is 1.75 bits per heavy atom. The predicted octanol–water partition coefficient (Wildman–Crippen LogP) is 3.78. The average Bonchev–Trinajstić information content (AvgIpc) is 2.45. The zero-order chi connectivity index (χ0) is 14.6. The number of rotatable bonds is 4. The van der Waals surface area contributed by atoms with Gasteiger partial charge in [0.2, 0.25) is 9.74 Å². The van der Waals surface area contributed by atoms with Crippen molar-refractivity contribution >= 4 is 40.8 Å².